The van der Waals surface area contributed by atoms with Crippen LogP contribution in [0.25, 0.3) is 0 Å². The van der Waals surface area contributed by atoms with E-state index in [0.29, 0.717) is 12.6 Å². The number of carbonyl (C=O) groups excluding carboxylic acids is 1. The molecule has 0 spiro atoms. The molecule has 1 aliphatic carbocycles. The minimum absolute atomic E-state index is 0.156. The average Bonchev–Trinajstić information content (AvgIpc) is 2.49. The van der Waals surface area contributed by atoms with Crippen molar-refractivity contribution in [2.24, 2.45) is 0 Å². The second-order valence-electron chi connectivity index (χ2n) is 5.89. The van der Waals surface area contributed by atoms with Gasteiger partial charge in [-0.25, -0.2) is 0 Å². The Bertz CT molecular complexity index is 274. The zero-order chi connectivity index (χ0) is 14.0. The Morgan fingerprint density at radius 2 is 1.90 bits per heavy atom. The minimum atomic E-state index is 0.156. The fourth-order valence-corrected chi connectivity index (χ4v) is 2.98. The third-order valence-electron chi connectivity index (χ3n) is 4.19. The zero-order valence-corrected chi connectivity index (χ0v) is 12.5. The van der Waals surface area contributed by atoms with E-state index in [2.05, 4.69) is 15.5 Å². The normalized spacial score (nSPS) is 21.8. The SMILES string of the molecule is O=C(CNCCCN1CCOCC1)NC1CCCCC1. The first-order chi connectivity index (χ1) is 9.84. The summed E-state index contributed by atoms with van der Waals surface area (Å²) in [5.41, 5.74) is 0. The summed E-state index contributed by atoms with van der Waals surface area (Å²) in [5.74, 6) is 0.156. The minimum Gasteiger partial charge on any atom is -0.379 e. The van der Waals surface area contributed by atoms with Crippen molar-refractivity contribution >= 4 is 5.91 Å². The van der Waals surface area contributed by atoms with Gasteiger partial charge in [0.15, 0.2) is 0 Å². The zero-order valence-electron chi connectivity index (χ0n) is 12.5. The Morgan fingerprint density at radius 1 is 1.15 bits per heavy atom. The highest BCUT2D eigenvalue weighted by Gasteiger charge is 2.15. The molecule has 20 heavy (non-hydrogen) atoms. The number of nitrogens with one attached hydrogen (secondary N) is 2. The van der Waals surface area contributed by atoms with Crippen LogP contribution in [0.2, 0.25) is 0 Å². The van der Waals surface area contributed by atoms with Crippen molar-refractivity contribution in [2.75, 3.05) is 45.9 Å². The van der Waals surface area contributed by atoms with Gasteiger partial charge >= 0.3 is 0 Å². The Balaban J connectivity index is 1.44. The Morgan fingerprint density at radius 3 is 2.65 bits per heavy atom. The summed E-state index contributed by atoms with van der Waals surface area (Å²) >= 11 is 0. The van der Waals surface area contributed by atoms with E-state index in [-0.39, 0.29) is 5.91 Å². The molecule has 5 nitrogen and oxygen atoms in total. The smallest absolute Gasteiger partial charge is 0.234 e. The molecule has 2 fully saturated rings. The first-order valence-electron chi connectivity index (χ1n) is 8.15. The lowest BCUT2D eigenvalue weighted by molar-refractivity contribution is -0.121. The highest BCUT2D eigenvalue weighted by atomic mass is 16.5. The molecule has 1 saturated heterocycles. The maximum atomic E-state index is 11.8. The van der Waals surface area contributed by atoms with Crippen molar-refractivity contribution < 1.29 is 9.53 Å². The van der Waals surface area contributed by atoms with Crippen molar-refractivity contribution in [1.29, 1.82) is 0 Å². The fraction of sp³-hybridized carbons (Fsp3) is 0.933. The van der Waals surface area contributed by atoms with Gasteiger partial charge in [-0.3, -0.25) is 9.69 Å². The Labute approximate surface area is 122 Å². The molecule has 0 aromatic carbocycles. The van der Waals surface area contributed by atoms with Crippen LogP contribution in [0.15, 0.2) is 0 Å². The molecular formula is C15H29N3O2. The predicted octanol–water partition coefficient (Wildman–Crippen LogP) is 0.747. The van der Waals surface area contributed by atoms with Crippen LogP contribution in [0.1, 0.15) is 38.5 Å². The van der Waals surface area contributed by atoms with E-state index in [9.17, 15) is 4.79 Å². The van der Waals surface area contributed by atoms with Crippen molar-refractivity contribution in [3.63, 3.8) is 0 Å². The number of ether oxygens (including phenoxy) is 1. The van der Waals surface area contributed by atoms with Gasteiger partial charge in [-0.1, -0.05) is 19.3 Å². The molecule has 116 valence electrons. The van der Waals surface area contributed by atoms with Crippen LogP contribution in [0, 0.1) is 0 Å². The molecular weight excluding hydrogens is 254 g/mol. The van der Waals surface area contributed by atoms with Gasteiger partial charge in [0, 0.05) is 19.1 Å². The van der Waals surface area contributed by atoms with Crippen molar-refractivity contribution in [1.82, 2.24) is 15.5 Å². The molecule has 2 N–H and O–H groups in total. The number of hydrogen-bond acceptors (Lipinski definition) is 4. The molecule has 5 heteroatoms. The Hall–Kier alpha value is -0.650. The Kier molecular flexibility index (Phi) is 7.33. The number of hydrogen-bond donors (Lipinski definition) is 2. The molecule has 0 aromatic rings. The number of amides is 1. The van der Waals surface area contributed by atoms with Gasteiger partial charge in [0.25, 0.3) is 0 Å². The lowest BCUT2D eigenvalue weighted by Crippen LogP contribution is -2.42. The highest BCUT2D eigenvalue weighted by molar-refractivity contribution is 5.78. The molecule has 1 saturated carbocycles. The average molecular weight is 283 g/mol. The largest absolute Gasteiger partial charge is 0.379 e. The van der Waals surface area contributed by atoms with E-state index < -0.39 is 0 Å². The maximum Gasteiger partial charge on any atom is 0.234 e. The highest BCUT2D eigenvalue weighted by Crippen LogP contribution is 2.16. The standard InChI is InChI=1S/C15H29N3O2/c19-15(17-14-5-2-1-3-6-14)13-16-7-4-8-18-9-11-20-12-10-18/h14,16H,1-13H2,(H,17,19). The van der Waals surface area contributed by atoms with Gasteiger partial charge in [0.2, 0.25) is 5.91 Å². The molecule has 2 rings (SSSR count). The van der Waals surface area contributed by atoms with E-state index in [1.165, 1.54) is 19.3 Å². The summed E-state index contributed by atoms with van der Waals surface area (Å²) in [6.45, 7) is 6.27. The third-order valence-corrected chi connectivity index (χ3v) is 4.19. The maximum absolute atomic E-state index is 11.8. The number of rotatable bonds is 7. The van der Waals surface area contributed by atoms with Gasteiger partial charge in [-0.15, -0.1) is 0 Å². The van der Waals surface area contributed by atoms with Crippen LogP contribution in [-0.4, -0.2) is 62.8 Å². The van der Waals surface area contributed by atoms with Crippen molar-refractivity contribution in [2.45, 2.75) is 44.6 Å². The summed E-state index contributed by atoms with van der Waals surface area (Å²) < 4.78 is 5.32. The summed E-state index contributed by atoms with van der Waals surface area (Å²) in [6, 6.07) is 0.423. The molecule has 1 heterocycles. The molecule has 0 unspecified atom stereocenters. The van der Waals surface area contributed by atoms with Gasteiger partial charge in [-0.05, 0) is 32.4 Å². The number of morpholine rings is 1. The van der Waals surface area contributed by atoms with Crippen LogP contribution < -0.4 is 10.6 Å². The van der Waals surface area contributed by atoms with Crippen LogP contribution in [-0.2, 0) is 9.53 Å². The summed E-state index contributed by atoms with van der Waals surface area (Å²) in [7, 11) is 0. The van der Waals surface area contributed by atoms with Gasteiger partial charge in [-0.2, -0.15) is 0 Å². The molecule has 0 bridgehead atoms. The monoisotopic (exact) mass is 283 g/mol. The lowest BCUT2D eigenvalue weighted by atomic mass is 9.95. The molecule has 2 aliphatic rings. The fourth-order valence-electron chi connectivity index (χ4n) is 2.98. The number of carbonyl (C=O) groups is 1. The first-order valence-corrected chi connectivity index (χ1v) is 8.15. The van der Waals surface area contributed by atoms with Crippen molar-refractivity contribution in [3.8, 4) is 0 Å². The van der Waals surface area contributed by atoms with E-state index in [4.69, 9.17) is 4.74 Å². The third kappa shape index (κ3) is 6.20. The van der Waals surface area contributed by atoms with Crippen LogP contribution in [0.4, 0.5) is 0 Å². The van der Waals surface area contributed by atoms with Crippen LogP contribution in [0.3, 0.4) is 0 Å². The van der Waals surface area contributed by atoms with Crippen LogP contribution >= 0.6 is 0 Å². The topological polar surface area (TPSA) is 53.6 Å². The molecule has 1 aliphatic heterocycles. The van der Waals surface area contributed by atoms with E-state index >= 15 is 0 Å². The number of nitrogens with zero attached hydrogens (tertiary/aromatic N) is 1. The molecule has 0 atom stereocenters. The van der Waals surface area contributed by atoms with Gasteiger partial charge < -0.3 is 15.4 Å². The van der Waals surface area contributed by atoms with Gasteiger partial charge in [0.05, 0.1) is 19.8 Å². The molecule has 0 radical (unpaired) electrons. The summed E-state index contributed by atoms with van der Waals surface area (Å²) in [6.07, 6.45) is 7.25. The molecule has 1 amide bonds. The second kappa shape index (κ2) is 9.32. The molecule has 0 aromatic heterocycles. The first kappa shape index (κ1) is 15.7. The quantitative estimate of drug-likeness (QED) is 0.677. The lowest BCUT2D eigenvalue weighted by Gasteiger charge is -2.26. The van der Waals surface area contributed by atoms with E-state index in [1.54, 1.807) is 0 Å². The van der Waals surface area contributed by atoms with Gasteiger partial charge in [0.1, 0.15) is 0 Å². The van der Waals surface area contributed by atoms with E-state index in [0.717, 1.165) is 58.7 Å². The van der Waals surface area contributed by atoms with Crippen LogP contribution in [0.5, 0.6) is 0 Å². The summed E-state index contributed by atoms with van der Waals surface area (Å²) in [5, 5.41) is 6.38. The predicted molar refractivity (Wildman–Crippen MR) is 79.8 cm³/mol. The second-order valence-corrected chi connectivity index (χ2v) is 5.89. The van der Waals surface area contributed by atoms with Crippen molar-refractivity contribution in [3.05, 3.63) is 0 Å². The summed E-state index contributed by atoms with van der Waals surface area (Å²) in [4.78, 5) is 14.2. The van der Waals surface area contributed by atoms with E-state index in [1.807, 2.05) is 0 Å².